The summed E-state index contributed by atoms with van der Waals surface area (Å²) in [5.41, 5.74) is 5.55. The minimum atomic E-state index is -3.26. The highest BCUT2D eigenvalue weighted by atomic mass is 32.2. The maximum Gasteiger partial charge on any atom is 0.222 e. The van der Waals surface area contributed by atoms with Crippen LogP contribution >= 0.6 is 11.3 Å². The van der Waals surface area contributed by atoms with Crippen molar-refractivity contribution in [3.63, 3.8) is 0 Å². The number of carbonyl (C=O) groups excluding carboxylic acids is 1. The molecule has 0 aliphatic carbocycles. The smallest absolute Gasteiger partial charge is 0.222 e. The van der Waals surface area contributed by atoms with Gasteiger partial charge in [0.15, 0.2) is 21.5 Å². The third-order valence-electron chi connectivity index (χ3n) is 6.40. The molecule has 1 aromatic heterocycles. The molecule has 1 aliphatic heterocycles. The maximum atomic E-state index is 14.0. The summed E-state index contributed by atoms with van der Waals surface area (Å²) in [7, 11) is -1.68. The van der Waals surface area contributed by atoms with Crippen LogP contribution in [0.25, 0.3) is 10.2 Å². The number of halogens is 3. The van der Waals surface area contributed by atoms with E-state index in [-0.39, 0.29) is 42.8 Å². The van der Waals surface area contributed by atoms with Crippen molar-refractivity contribution in [1.29, 1.82) is 0 Å². The summed E-state index contributed by atoms with van der Waals surface area (Å²) < 4.78 is 76.6. The predicted molar refractivity (Wildman–Crippen MR) is 137 cm³/mol. The molecule has 2 aromatic carbocycles. The first-order valence-corrected chi connectivity index (χ1v) is 14.6. The highest BCUT2D eigenvalue weighted by molar-refractivity contribution is 7.91. The number of carbonyl (C=O) groups is 1. The molecule has 1 aliphatic rings. The lowest BCUT2D eigenvalue weighted by Crippen LogP contribution is -2.51. The molecule has 0 bridgehead atoms. The molecule has 1 saturated heterocycles. The molecule has 4 rings (SSSR count). The van der Waals surface area contributed by atoms with Gasteiger partial charge in [-0.3, -0.25) is 4.79 Å². The van der Waals surface area contributed by atoms with Crippen LogP contribution in [0.3, 0.4) is 0 Å². The zero-order chi connectivity index (χ0) is 27.5. The summed E-state index contributed by atoms with van der Waals surface area (Å²) in [6.45, 7) is 0.806. The summed E-state index contributed by atoms with van der Waals surface area (Å²) in [5, 5.41) is 3.50. The topological polar surface area (TPSA) is 121 Å². The second-order valence-electron chi connectivity index (χ2n) is 9.30. The summed E-state index contributed by atoms with van der Waals surface area (Å²) in [6.07, 6.45) is -0.170. The van der Waals surface area contributed by atoms with E-state index in [1.165, 1.54) is 11.3 Å². The van der Waals surface area contributed by atoms with E-state index in [0.29, 0.717) is 35.6 Å². The SMILES string of the molecule is COCCOc1ccc2nc(C3(NC(=O)C[C@H](N)Cc4cc(F)c(F)cc4F)CCS(=O)(=O)CC3)sc2c1. The fourth-order valence-corrected chi connectivity index (χ4v) is 7.07. The van der Waals surface area contributed by atoms with Crippen LogP contribution in [0.4, 0.5) is 13.2 Å². The van der Waals surface area contributed by atoms with Gasteiger partial charge in [0.05, 0.1) is 33.9 Å². The van der Waals surface area contributed by atoms with Crippen molar-refractivity contribution >= 4 is 37.3 Å². The fourth-order valence-electron chi connectivity index (χ4n) is 4.35. The molecule has 0 spiro atoms. The number of benzene rings is 2. The van der Waals surface area contributed by atoms with Crippen LogP contribution in [0.2, 0.25) is 0 Å². The van der Waals surface area contributed by atoms with Gasteiger partial charge >= 0.3 is 0 Å². The van der Waals surface area contributed by atoms with Crippen LogP contribution in [-0.4, -0.2) is 57.2 Å². The number of nitrogens with one attached hydrogen (secondary N) is 1. The molecule has 3 aromatic rings. The molecule has 8 nitrogen and oxygen atoms in total. The number of aromatic nitrogens is 1. The summed E-state index contributed by atoms with van der Waals surface area (Å²) >= 11 is 1.33. The number of nitrogens with two attached hydrogens (primary N) is 1. The van der Waals surface area contributed by atoms with Crippen LogP contribution in [0.1, 0.15) is 29.8 Å². The van der Waals surface area contributed by atoms with Gasteiger partial charge in [-0.2, -0.15) is 0 Å². The molecule has 1 amide bonds. The van der Waals surface area contributed by atoms with Crippen molar-refractivity contribution in [2.45, 2.75) is 37.3 Å². The zero-order valence-electron chi connectivity index (χ0n) is 20.6. The number of fused-ring (bicyclic) bond motifs is 1. The standard InChI is InChI=1S/C25H28F3N3O5S2/c1-35-6-7-36-17-2-3-21-22(13-17)37-24(30-21)25(4-8-38(33,34)9-5-25)31-23(32)12-16(29)10-15-11-19(27)20(28)14-18(15)26/h2-3,11,13-14,16H,4-10,12,29H2,1H3,(H,31,32)/t16-/m1/s1. The molecule has 38 heavy (non-hydrogen) atoms. The summed E-state index contributed by atoms with van der Waals surface area (Å²) in [4.78, 5) is 17.7. The number of sulfone groups is 1. The Morgan fingerprint density at radius 3 is 2.55 bits per heavy atom. The van der Waals surface area contributed by atoms with Crippen molar-refractivity contribution in [2.24, 2.45) is 5.73 Å². The Balaban J connectivity index is 1.53. The third-order valence-corrected chi connectivity index (χ3v) is 9.28. The highest BCUT2D eigenvalue weighted by Crippen LogP contribution is 2.39. The van der Waals surface area contributed by atoms with Gasteiger partial charge in [0.2, 0.25) is 5.91 Å². The van der Waals surface area contributed by atoms with Gasteiger partial charge in [0.1, 0.15) is 23.2 Å². The number of methoxy groups -OCH3 is 1. The molecule has 0 radical (unpaired) electrons. The molecule has 1 atom stereocenters. The third kappa shape index (κ3) is 6.63. The number of nitrogens with zero attached hydrogens (tertiary/aromatic N) is 1. The van der Waals surface area contributed by atoms with Crippen LogP contribution in [0, 0.1) is 17.5 Å². The number of hydrogen-bond acceptors (Lipinski definition) is 8. The minimum Gasteiger partial charge on any atom is -0.491 e. The highest BCUT2D eigenvalue weighted by Gasteiger charge is 2.42. The monoisotopic (exact) mass is 571 g/mol. The number of thiazole rings is 1. The Morgan fingerprint density at radius 1 is 1.13 bits per heavy atom. The molecule has 13 heteroatoms. The second-order valence-corrected chi connectivity index (χ2v) is 12.6. The Labute approximate surface area is 222 Å². The van der Waals surface area contributed by atoms with E-state index in [1.54, 1.807) is 19.2 Å². The maximum absolute atomic E-state index is 14.0. The van der Waals surface area contributed by atoms with E-state index < -0.39 is 44.8 Å². The summed E-state index contributed by atoms with van der Waals surface area (Å²) in [6, 6.07) is 5.67. The van der Waals surface area contributed by atoms with Crippen LogP contribution in [0.15, 0.2) is 30.3 Å². The van der Waals surface area contributed by atoms with Crippen molar-refractivity contribution < 1.29 is 35.9 Å². The molecular weight excluding hydrogens is 543 g/mol. The Bertz CT molecular complexity index is 1420. The van der Waals surface area contributed by atoms with Crippen molar-refractivity contribution in [1.82, 2.24) is 10.3 Å². The average Bonchev–Trinajstić information content (AvgIpc) is 3.28. The quantitative estimate of drug-likeness (QED) is 0.283. The lowest BCUT2D eigenvalue weighted by Gasteiger charge is -2.36. The van der Waals surface area contributed by atoms with Gasteiger partial charge in [0.25, 0.3) is 0 Å². The Morgan fingerprint density at radius 2 is 1.84 bits per heavy atom. The lowest BCUT2D eigenvalue weighted by atomic mass is 9.92. The lowest BCUT2D eigenvalue weighted by molar-refractivity contribution is -0.123. The van der Waals surface area contributed by atoms with Gasteiger partial charge in [-0.05, 0) is 49.1 Å². The zero-order valence-corrected chi connectivity index (χ0v) is 22.3. The van der Waals surface area contributed by atoms with Crippen LogP contribution in [0.5, 0.6) is 5.75 Å². The molecule has 2 heterocycles. The average molecular weight is 572 g/mol. The number of amides is 1. The van der Waals surface area contributed by atoms with E-state index in [4.69, 9.17) is 20.2 Å². The first-order valence-electron chi connectivity index (χ1n) is 11.9. The second kappa shape index (κ2) is 11.6. The summed E-state index contributed by atoms with van der Waals surface area (Å²) in [5.74, 6) is -3.57. The van der Waals surface area contributed by atoms with Crippen molar-refractivity contribution in [3.8, 4) is 5.75 Å². The van der Waals surface area contributed by atoms with Gasteiger partial charge in [-0.1, -0.05) is 0 Å². The van der Waals surface area contributed by atoms with E-state index in [1.807, 2.05) is 6.07 Å². The van der Waals surface area contributed by atoms with Crippen LogP contribution in [-0.2, 0) is 31.3 Å². The van der Waals surface area contributed by atoms with Gasteiger partial charge in [0, 0.05) is 25.6 Å². The molecule has 0 unspecified atom stereocenters. The Hall–Kier alpha value is -2.74. The number of hydrogen-bond donors (Lipinski definition) is 2. The first kappa shape index (κ1) is 28.3. The van der Waals surface area contributed by atoms with E-state index in [0.717, 1.165) is 10.8 Å². The molecule has 206 valence electrons. The van der Waals surface area contributed by atoms with E-state index in [9.17, 15) is 26.4 Å². The first-order chi connectivity index (χ1) is 18.0. The molecule has 1 fully saturated rings. The van der Waals surface area contributed by atoms with Crippen molar-refractivity contribution in [2.75, 3.05) is 31.8 Å². The van der Waals surface area contributed by atoms with Crippen molar-refractivity contribution in [3.05, 3.63) is 58.4 Å². The van der Waals surface area contributed by atoms with Crippen LogP contribution < -0.4 is 15.8 Å². The number of rotatable bonds is 10. The van der Waals surface area contributed by atoms with Gasteiger partial charge in [-0.15, -0.1) is 11.3 Å². The number of ether oxygens (including phenoxy) is 2. The van der Waals surface area contributed by atoms with Gasteiger partial charge in [-0.25, -0.2) is 26.6 Å². The van der Waals surface area contributed by atoms with E-state index in [2.05, 4.69) is 5.32 Å². The largest absolute Gasteiger partial charge is 0.491 e. The predicted octanol–water partition coefficient (Wildman–Crippen LogP) is 3.22. The van der Waals surface area contributed by atoms with E-state index >= 15 is 0 Å². The molecule has 3 N–H and O–H groups in total. The Kier molecular flexibility index (Phi) is 8.60. The normalized spacial score (nSPS) is 17.3. The molecular formula is C25H28F3N3O5S2. The minimum absolute atomic E-state index is 0.124. The molecule has 0 saturated carbocycles. The van der Waals surface area contributed by atoms with Gasteiger partial charge < -0.3 is 20.5 Å². The fraction of sp³-hybridized carbons (Fsp3) is 0.440.